The maximum absolute atomic E-state index is 12.4. The predicted molar refractivity (Wildman–Crippen MR) is 106 cm³/mol. The number of hydrogen-bond donors (Lipinski definition) is 2. The molecule has 0 spiro atoms. The summed E-state index contributed by atoms with van der Waals surface area (Å²) in [5.74, 6) is -0.159. The van der Waals surface area contributed by atoms with Gasteiger partial charge in [-0.05, 0) is 29.9 Å². The fraction of sp³-hybridized carbons (Fsp3) is 0.0500. The second-order valence-corrected chi connectivity index (χ2v) is 6.33. The van der Waals surface area contributed by atoms with Gasteiger partial charge in [-0.1, -0.05) is 48.5 Å². The molecule has 3 aromatic rings. The number of para-hydroxylation sites is 1. The third kappa shape index (κ3) is 2.91. The monoisotopic (exact) mass is 361 g/mol. The highest BCUT2D eigenvalue weighted by Gasteiger charge is 2.16. The molecule has 26 heavy (non-hydrogen) atoms. The van der Waals surface area contributed by atoms with Crippen LogP contribution in [0.15, 0.2) is 64.4 Å². The van der Waals surface area contributed by atoms with Crippen molar-refractivity contribution in [3.8, 4) is 5.88 Å². The molecule has 1 aliphatic heterocycles. The number of aromatic amines is 1. The van der Waals surface area contributed by atoms with Crippen LogP contribution < -0.4 is 5.56 Å². The summed E-state index contributed by atoms with van der Waals surface area (Å²) in [5.41, 5.74) is 3.23. The van der Waals surface area contributed by atoms with E-state index in [9.17, 15) is 9.90 Å². The van der Waals surface area contributed by atoms with Crippen molar-refractivity contribution in [2.75, 3.05) is 0 Å². The van der Waals surface area contributed by atoms with Crippen molar-refractivity contribution in [3.63, 3.8) is 0 Å². The minimum atomic E-state index is -0.429. The van der Waals surface area contributed by atoms with Gasteiger partial charge >= 0.3 is 0 Å². The number of aliphatic imine (C=N–C) groups is 1. The van der Waals surface area contributed by atoms with Gasteiger partial charge in [0.2, 0.25) is 5.88 Å². The molecule has 0 amide bonds. The maximum Gasteiger partial charge on any atom is 0.262 e. The Bertz CT molecular complexity index is 1160. The first-order valence-electron chi connectivity index (χ1n) is 8.08. The molecule has 0 atom stereocenters. The first-order chi connectivity index (χ1) is 12.6. The molecule has 0 saturated heterocycles. The lowest BCUT2D eigenvalue weighted by atomic mass is 10.1. The average Bonchev–Trinajstić information content (AvgIpc) is 3.06. The minimum Gasteiger partial charge on any atom is -0.494 e. The number of allylic oxidation sites excluding steroid dienone is 1. The van der Waals surface area contributed by atoms with E-state index in [1.165, 1.54) is 4.57 Å². The Morgan fingerprint density at radius 2 is 1.85 bits per heavy atom. The zero-order chi connectivity index (χ0) is 18.1. The van der Waals surface area contributed by atoms with Crippen molar-refractivity contribution in [1.82, 2.24) is 9.55 Å². The van der Waals surface area contributed by atoms with Gasteiger partial charge in [-0.15, -0.1) is 0 Å². The van der Waals surface area contributed by atoms with Crippen LogP contribution in [0, 0.1) is 4.77 Å². The smallest absolute Gasteiger partial charge is 0.262 e. The van der Waals surface area contributed by atoms with Crippen molar-refractivity contribution in [3.05, 3.63) is 86.4 Å². The lowest BCUT2D eigenvalue weighted by Crippen LogP contribution is -2.17. The van der Waals surface area contributed by atoms with E-state index in [1.54, 1.807) is 12.3 Å². The van der Waals surface area contributed by atoms with Crippen LogP contribution in [-0.4, -0.2) is 20.9 Å². The molecule has 2 aromatic carbocycles. The summed E-state index contributed by atoms with van der Waals surface area (Å²) >= 11 is 5.23. The van der Waals surface area contributed by atoms with Crippen molar-refractivity contribution >= 4 is 35.8 Å². The maximum atomic E-state index is 12.4. The normalized spacial score (nSPS) is 13.9. The van der Waals surface area contributed by atoms with E-state index in [-0.39, 0.29) is 16.2 Å². The van der Waals surface area contributed by atoms with Gasteiger partial charge in [-0.3, -0.25) is 19.3 Å². The summed E-state index contributed by atoms with van der Waals surface area (Å²) in [7, 11) is 0. The number of H-pyrrole nitrogens is 1. The highest BCUT2D eigenvalue weighted by Crippen LogP contribution is 2.32. The molecule has 5 nitrogen and oxygen atoms in total. The van der Waals surface area contributed by atoms with Crippen molar-refractivity contribution in [2.24, 2.45) is 4.99 Å². The summed E-state index contributed by atoms with van der Waals surface area (Å²) < 4.78 is 1.69. The Balaban J connectivity index is 1.82. The van der Waals surface area contributed by atoms with Crippen LogP contribution in [0.1, 0.15) is 16.7 Å². The molecule has 1 aliphatic rings. The van der Waals surface area contributed by atoms with Gasteiger partial charge in [0.25, 0.3) is 5.56 Å². The predicted octanol–water partition coefficient (Wildman–Crippen LogP) is 3.92. The van der Waals surface area contributed by atoms with E-state index in [0.29, 0.717) is 6.54 Å². The average molecular weight is 361 g/mol. The molecular formula is C20H15N3O2S. The summed E-state index contributed by atoms with van der Waals surface area (Å²) in [6.07, 6.45) is 3.33. The quantitative estimate of drug-likeness (QED) is 0.695. The van der Waals surface area contributed by atoms with Gasteiger partial charge in [-0.2, -0.15) is 0 Å². The number of rotatable bonds is 3. The molecule has 1 aromatic heterocycles. The van der Waals surface area contributed by atoms with E-state index in [1.807, 2.05) is 54.6 Å². The summed E-state index contributed by atoms with van der Waals surface area (Å²) in [5, 5.41) is 10.7. The second kappa shape index (κ2) is 6.57. The summed E-state index contributed by atoms with van der Waals surface area (Å²) in [6.45, 7) is 0.364. The first kappa shape index (κ1) is 16.2. The van der Waals surface area contributed by atoms with Crippen LogP contribution >= 0.6 is 12.2 Å². The van der Waals surface area contributed by atoms with Crippen molar-refractivity contribution in [1.29, 1.82) is 0 Å². The molecule has 0 fully saturated rings. The lowest BCUT2D eigenvalue weighted by molar-refractivity contribution is 0.411. The number of fused-ring (bicyclic) bond motifs is 1. The highest BCUT2D eigenvalue weighted by molar-refractivity contribution is 7.71. The van der Waals surface area contributed by atoms with Gasteiger partial charge < -0.3 is 5.11 Å². The fourth-order valence-electron chi connectivity index (χ4n) is 2.93. The number of nitrogens with zero attached hydrogens (tertiary/aromatic N) is 2. The Morgan fingerprint density at radius 1 is 1.12 bits per heavy atom. The van der Waals surface area contributed by atoms with Crippen LogP contribution in [0.5, 0.6) is 5.88 Å². The molecule has 2 N–H and O–H groups in total. The van der Waals surface area contributed by atoms with E-state index in [2.05, 4.69) is 9.98 Å². The number of aromatic hydroxyl groups is 1. The van der Waals surface area contributed by atoms with E-state index in [0.717, 1.165) is 22.4 Å². The fourth-order valence-corrected chi connectivity index (χ4v) is 3.17. The van der Waals surface area contributed by atoms with Gasteiger partial charge in [-0.25, -0.2) is 0 Å². The number of benzene rings is 2. The van der Waals surface area contributed by atoms with Gasteiger partial charge in [0, 0.05) is 17.4 Å². The molecule has 0 saturated carbocycles. The number of hydrogen-bond acceptors (Lipinski definition) is 4. The zero-order valence-corrected chi connectivity index (χ0v) is 14.5. The second-order valence-electron chi connectivity index (χ2n) is 5.94. The molecule has 0 bridgehead atoms. The highest BCUT2D eigenvalue weighted by atomic mass is 32.1. The Labute approximate surface area is 154 Å². The summed E-state index contributed by atoms with van der Waals surface area (Å²) in [6, 6.07) is 17.3. The minimum absolute atomic E-state index is 0.159. The zero-order valence-electron chi connectivity index (χ0n) is 13.7. The standard InChI is InChI=1S/C20H15N3O2S/c24-18-16(10-14-11-21-17-9-5-4-8-15(14)17)19(25)23(20(26)22-18)12-13-6-2-1-3-7-13/h1-11,25H,12H2,(H,22,24,26)/b14-10-. The van der Waals surface area contributed by atoms with Gasteiger partial charge in [0.1, 0.15) is 5.56 Å². The molecule has 0 radical (unpaired) electrons. The largest absolute Gasteiger partial charge is 0.494 e. The van der Waals surface area contributed by atoms with Crippen LogP contribution in [0.25, 0.3) is 11.6 Å². The van der Waals surface area contributed by atoms with Crippen LogP contribution in [0.2, 0.25) is 0 Å². The van der Waals surface area contributed by atoms with Gasteiger partial charge in [0.05, 0.1) is 12.2 Å². The molecule has 4 rings (SSSR count). The van der Waals surface area contributed by atoms with Crippen LogP contribution in [0.4, 0.5) is 5.69 Å². The molecule has 0 unspecified atom stereocenters. The molecule has 6 heteroatoms. The first-order valence-corrected chi connectivity index (χ1v) is 8.49. The lowest BCUT2D eigenvalue weighted by Gasteiger charge is -2.11. The Kier molecular flexibility index (Phi) is 4.10. The van der Waals surface area contributed by atoms with E-state index >= 15 is 0 Å². The summed E-state index contributed by atoms with van der Waals surface area (Å²) in [4.78, 5) is 19.3. The van der Waals surface area contributed by atoms with Crippen molar-refractivity contribution in [2.45, 2.75) is 6.54 Å². The molecule has 2 heterocycles. The molecule has 0 aliphatic carbocycles. The number of nitrogens with one attached hydrogen (secondary N) is 1. The van der Waals surface area contributed by atoms with E-state index < -0.39 is 5.56 Å². The topological polar surface area (TPSA) is 70.4 Å². The third-order valence-electron chi connectivity index (χ3n) is 4.25. The SMILES string of the molecule is O=c1[nH]c(=S)n(Cc2ccccc2)c(O)c1/C=C1/C=Nc2ccccc21. The van der Waals surface area contributed by atoms with Crippen LogP contribution in [-0.2, 0) is 6.54 Å². The third-order valence-corrected chi connectivity index (χ3v) is 4.57. The number of aromatic nitrogens is 2. The molecular weight excluding hydrogens is 346 g/mol. The van der Waals surface area contributed by atoms with E-state index in [4.69, 9.17) is 12.2 Å². The van der Waals surface area contributed by atoms with Gasteiger partial charge in [0.15, 0.2) is 4.77 Å². The van der Waals surface area contributed by atoms with Crippen LogP contribution in [0.3, 0.4) is 0 Å². The Morgan fingerprint density at radius 3 is 2.65 bits per heavy atom. The Hall–Kier alpha value is -3.25. The van der Waals surface area contributed by atoms with Crippen molar-refractivity contribution < 1.29 is 5.11 Å². The molecule has 128 valence electrons.